The van der Waals surface area contributed by atoms with E-state index in [9.17, 15) is 0 Å². The fourth-order valence-corrected chi connectivity index (χ4v) is 0.957. The Morgan fingerprint density at radius 1 is 1.62 bits per heavy atom. The van der Waals surface area contributed by atoms with Gasteiger partial charge in [0.2, 0.25) is 0 Å². The topological polar surface area (TPSA) is 12.0 Å². The maximum absolute atomic E-state index is 3.59. The van der Waals surface area contributed by atoms with E-state index < -0.39 is 8.96 Å². The predicted octanol–water partition coefficient (Wildman–Crippen LogP) is -0.706. The molecule has 1 nitrogen and oxygen atoms in total. The van der Waals surface area contributed by atoms with Gasteiger partial charge in [0.15, 0.2) is 0 Å². The molecule has 0 fully saturated rings. The molecule has 0 aromatic rings. The van der Waals surface area contributed by atoms with Gasteiger partial charge in [0.05, 0.1) is 0 Å². The average Bonchev–Trinajstić information content (AvgIpc) is 1.61. The van der Waals surface area contributed by atoms with Crippen LogP contribution >= 0.6 is 0 Å². The van der Waals surface area contributed by atoms with E-state index in [0.717, 1.165) is 6.54 Å². The molecular formula is C5H17NSi2. The van der Waals surface area contributed by atoms with Crippen molar-refractivity contribution in [2.75, 3.05) is 6.54 Å². The van der Waals surface area contributed by atoms with Gasteiger partial charge in [0.25, 0.3) is 0 Å². The van der Waals surface area contributed by atoms with E-state index in [0.29, 0.717) is 0 Å². The van der Waals surface area contributed by atoms with Crippen molar-refractivity contribution in [3.8, 4) is 0 Å². The van der Waals surface area contributed by atoms with E-state index in [1.807, 2.05) is 6.08 Å². The van der Waals surface area contributed by atoms with Crippen molar-refractivity contribution >= 4 is 19.9 Å². The molecule has 0 atom stereocenters. The predicted molar refractivity (Wildman–Crippen MR) is 48.4 cm³/mol. The third kappa shape index (κ3) is 9.46. The molecule has 0 saturated carbocycles. The first kappa shape index (κ1) is 11.0. The highest BCUT2D eigenvalue weighted by molar-refractivity contribution is 6.52. The Morgan fingerprint density at radius 3 is 2.25 bits per heavy atom. The van der Waals surface area contributed by atoms with Crippen molar-refractivity contribution in [2.24, 2.45) is 0 Å². The molecule has 0 heterocycles. The minimum absolute atomic E-state index is 0. The second-order valence-electron chi connectivity index (χ2n) is 1.85. The minimum Gasteiger partial charge on any atom is -0.337 e. The summed E-state index contributed by atoms with van der Waals surface area (Å²) in [4.78, 5) is 3.32. The molecule has 0 aromatic heterocycles. The molecule has 0 aliphatic carbocycles. The monoisotopic (exact) mass is 147 g/mol. The van der Waals surface area contributed by atoms with Crippen LogP contribution in [0, 0.1) is 0 Å². The number of rotatable bonds is 3. The quantitative estimate of drug-likeness (QED) is 0.411. The highest BCUT2D eigenvalue weighted by Crippen LogP contribution is 1.68. The Morgan fingerprint density at radius 2 is 2.12 bits per heavy atom. The number of nitrogens with one attached hydrogen (secondary N) is 1. The van der Waals surface area contributed by atoms with Crippen LogP contribution in [0.3, 0.4) is 0 Å². The molecule has 0 unspecified atom stereocenters. The van der Waals surface area contributed by atoms with Gasteiger partial charge >= 0.3 is 0 Å². The largest absolute Gasteiger partial charge is 0.337 e. The summed E-state index contributed by atoms with van der Waals surface area (Å²) in [6.45, 7) is 9.08. The molecule has 0 amide bonds. The smallest absolute Gasteiger partial charge is 0.102 e. The van der Waals surface area contributed by atoms with Crippen molar-refractivity contribution in [1.82, 2.24) is 4.98 Å². The van der Waals surface area contributed by atoms with Gasteiger partial charge in [0.1, 0.15) is 8.96 Å². The van der Waals surface area contributed by atoms with Crippen LogP contribution in [0.2, 0.25) is 13.1 Å². The van der Waals surface area contributed by atoms with Crippen LogP contribution in [0.25, 0.3) is 0 Å². The van der Waals surface area contributed by atoms with Gasteiger partial charge in [-0.1, -0.05) is 19.2 Å². The zero-order chi connectivity index (χ0) is 5.70. The Kier molecular flexibility index (Phi) is 9.81. The highest BCUT2D eigenvalue weighted by atomic mass is 28.3. The summed E-state index contributed by atoms with van der Waals surface area (Å²) in [6.07, 6.45) is 1.90. The lowest BCUT2D eigenvalue weighted by Gasteiger charge is -1.99. The highest BCUT2D eigenvalue weighted by Gasteiger charge is 1.86. The van der Waals surface area contributed by atoms with Crippen LogP contribution in [-0.4, -0.2) is 26.5 Å². The van der Waals surface area contributed by atoms with Gasteiger partial charge in [0, 0.05) is 6.54 Å². The molecule has 3 heteroatoms. The van der Waals surface area contributed by atoms with Crippen molar-refractivity contribution < 1.29 is 0 Å². The summed E-state index contributed by atoms with van der Waals surface area (Å²) in [7, 11) is -0.509. The molecule has 0 bridgehead atoms. The first-order valence-corrected chi connectivity index (χ1v) is 5.50. The Bertz CT molecular complexity index is 54.4. The fraction of sp³-hybridized carbons (Fsp3) is 0.600. The molecule has 8 heavy (non-hydrogen) atoms. The van der Waals surface area contributed by atoms with Crippen molar-refractivity contribution in [2.45, 2.75) is 13.1 Å². The molecule has 0 radical (unpaired) electrons. The van der Waals surface area contributed by atoms with Crippen molar-refractivity contribution in [3.63, 3.8) is 0 Å². The zero-order valence-corrected chi connectivity index (χ0v) is 6.22. The summed E-state index contributed by atoms with van der Waals surface area (Å²) >= 11 is 0. The Balaban J connectivity index is 0. The molecule has 0 aliphatic rings. The molecule has 0 saturated heterocycles. The molecule has 0 spiro atoms. The second-order valence-corrected chi connectivity index (χ2v) is 4.57. The summed E-state index contributed by atoms with van der Waals surface area (Å²) in [5, 5.41) is 0. The van der Waals surface area contributed by atoms with Crippen LogP contribution in [0.4, 0.5) is 0 Å². The van der Waals surface area contributed by atoms with Crippen LogP contribution in [0.15, 0.2) is 12.7 Å². The second kappa shape index (κ2) is 7.13. The third-order valence-electron chi connectivity index (χ3n) is 0.670. The molecule has 1 N–H and O–H groups in total. The van der Waals surface area contributed by atoms with E-state index in [4.69, 9.17) is 0 Å². The zero-order valence-electron chi connectivity index (χ0n) is 5.07. The van der Waals surface area contributed by atoms with Crippen LogP contribution in [-0.2, 0) is 0 Å². The fourth-order valence-electron chi connectivity index (χ4n) is 0.319. The van der Waals surface area contributed by atoms with Gasteiger partial charge in [-0.05, 0) is 11.0 Å². The maximum Gasteiger partial charge on any atom is 0.102 e. The number of hydrogen-bond acceptors (Lipinski definition) is 1. The summed E-state index contributed by atoms with van der Waals surface area (Å²) in [5.41, 5.74) is 0. The van der Waals surface area contributed by atoms with Gasteiger partial charge in [-0.3, -0.25) is 0 Å². The molecule has 0 rings (SSSR count). The van der Waals surface area contributed by atoms with Gasteiger partial charge in [-0.2, -0.15) is 0 Å². The maximum atomic E-state index is 3.59. The molecular weight excluding hydrogens is 130 g/mol. The lowest BCUT2D eigenvalue weighted by Crippen LogP contribution is -2.26. The van der Waals surface area contributed by atoms with E-state index >= 15 is 0 Å². The first-order chi connectivity index (χ1) is 3.27. The molecule has 50 valence electrons. The summed E-state index contributed by atoms with van der Waals surface area (Å²) in [5.74, 6) is 0. The summed E-state index contributed by atoms with van der Waals surface area (Å²) in [6, 6.07) is 0. The standard InChI is InChI=1S/C5H13NSi.H4Si/c1-4-5-6-7(2)3;/h4,6-7H,1,5H2,2-3H3;1H4. The first-order valence-electron chi connectivity index (χ1n) is 2.61. The molecule has 0 aromatic carbocycles. The SMILES string of the molecule is C=CCN[SiH](C)C.[SiH4]. The van der Waals surface area contributed by atoms with Crippen LogP contribution < -0.4 is 4.98 Å². The third-order valence-corrected chi connectivity index (χ3v) is 1.72. The number of hydrogen-bond donors (Lipinski definition) is 1. The Hall–Kier alpha value is 0.134. The van der Waals surface area contributed by atoms with Crippen LogP contribution in [0.1, 0.15) is 0 Å². The van der Waals surface area contributed by atoms with E-state index in [1.54, 1.807) is 0 Å². The van der Waals surface area contributed by atoms with Gasteiger partial charge < -0.3 is 4.98 Å². The summed E-state index contributed by atoms with van der Waals surface area (Å²) < 4.78 is 0. The average molecular weight is 147 g/mol. The normalized spacial score (nSPS) is 8.38. The molecule has 0 aliphatic heterocycles. The Labute approximate surface area is 57.9 Å². The van der Waals surface area contributed by atoms with Crippen LogP contribution in [0.5, 0.6) is 0 Å². The van der Waals surface area contributed by atoms with E-state index in [1.165, 1.54) is 0 Å². The van der Waals surface area contributed by atoms with Gasteiger partial charge in [-0.15, -0.1) is 6.58 Å². The lowest BCUT2D eigenvalue weighted by molar-refractivity contribution is 1.07. The lowest BCUT2D eigenvalue weighted by atomic mass is 10.7. The van der Waals surface area contributed by atoms with E-state index in [-0.39, 0.29) is 11.0 Å². The van der Waals surface area contributed by atoms with Gasteiger partial charge in [-0.25, -0.2) is 0 Å². The van der Waals surface area contributed by atoms with E-state index in [2.05, 4.69) is 24.7 Å². The van der Waals surface area contributed by atoms with Crippen molar-refractivity contribution in [1.29, 1.82) is 0 Å². The minimum atomic E-state index is -0.509. The van der Waals surface area contributed by atoms with Crippen molar-refractivity contribution in [3.05, 3.63) is 12.7 Å².